The van der Waals surface area contributed by atoms with E-state index in [9.17, 15) is 0 Å². The number of allylic oxidation sites excluding steroid dienone is 3. The van der Waals surface area contributed by atoms with Crippen molar-refractivity contribution >= 4 is 24.0 Å². The fourth-order valence-electron chi connectivity index (χ4n) is 0.664. The minimum Gasteiger partial charge on any atom is -0.414 e. The summed E-state index contributed by atoms with van der Waals surface area (Å²) in [7, 11) is 1.61. The van der Waals surface area contributed by atoms with E-state index in [4.69, 9.17) is 27.6 Å². The lowest BCUT2D eigenvalue weighted by molar-refractivity contribution is 0.128. The predicted octanol–water partition coefficient (Wildman–Crippen LogP) is 1.13. The molecule has 0 spiro atoms. The smallest absolute Gasteiger partial charge is 0.143 e. The van der Waals surface area contributed by atoms with E-state index in [1.54, 1.807) is 14.0 Å². The van der Waals surface area contributed by atoms with Crippen molar-refractivity contribution in [2.75, 3.05) is 7.05 Å². The summed E-state index contributed by atoms with van der Waals surface area (Å²) >= 11 is 5.70. The average molecular weight is 217 g/mol. The maximum absolute atomic E-state index is 7.50. The standard InChI is InChI=1S/C8H13ClN4O/c1-5(14-13-3)4-6(10)7(9)8(11)12-2/h4,10,13H,2,11H2,1,3H3/b5-4+,8-7+,10-6?. The minimum absolute atomic E-state index is 0.0179. The van der Waals surface area contributed by atoms with Gasteiger partial charge in [-0.25, -0.2) is 4.99 Å². The highest BCUT2D eigenvalue weighted by Crippen LogP contribution is 2.10. The first-order valence-electron chi connectivity index (χ1n) is 3.75. The number of aliphatic imine (C=N–C) groups is 1. The van der Waals surface area contributed by atoms with Crippen LogP contribution in [0.1, 0.15) is 6.92 Å². The first kappa shape index (κ1) is 12.7. The van der Waals surface area contributed by atoms with E-state index < -0.39 is 0 Å². The van der Waals surface area contributed by atoms with Gasteiger partial charge in [-0.3, -0.25) is 5.41 Å². The molecular weight excluding hydrogens is 204 g/mol. The molecule has 0 rings (SSSR count). The van der Waals surface area contributed by atoms with Gasteiger partial charge >= 0.3 is 0 Å². The Morgan fingerprint density at radius 2 is 2.29 bits per heavy atom. The number of hydrogen-bond acceptors (Lipinski definition) is 5. The number of halogens is 1. The fourth-order valence-corrected chi connectivity index (χ4v) is 0.779. The van der Waals surface area contributed by atoms with Crippen LogP contribution in [0.15, 0.2) is 27.7 Å². The molecule has 0 aliphatic heterocycles. The summed E-state index contributed by atoms with van der Waals surface area (Å²) in [6.07, 6.45) is 1.41. The number of hydrogen-bond donors (Lipinski definition) is 3. The normalized spacial score (nSPS) is 13.2. The maximum atomic E-state index is 7.50. The zero-order valence-corrected chi connectivity index (χ0v) is 8.85. The van der Waals surface area contributed by atoms with Crippen molar-refractivity contribution in [2.24, 2.45) is 10.7 Å². The van der Waals surface area contributed by atoms with Crippen LogP contribution in [0.25, 0.3) is 0 Å². The van der Waals surface area contributed by atoms with Gasteiger partial charge in [0.2, 0.25) is 0 Å². The van der Waals surface area contributed by atoms with E-state index in [2.05, 4.69) is 17.2 Å². The van der Waals surface area contributed by atoms with Gasteiger partial charge in [0, 0.05) is 13.1 Å². The predicted molar refractivity (Wildman–Crippen MR) is 58.2 cm³/mol. The van der Waals surface area contributed by atoms with E-state index in [1.165, 1.54) is 6.08 Å². The third-order valence-electron chi connectivity index (χ3n) is 1.24. The van der Waals surface area contributed by atoms with Crippen LogP contribution in [0.2, 0.25) is 0 Å². The molecule has 0 saturated carbocycles. The second-order valence-corrected chi connectivity index (χ2v) is 2.71. The van der Waals surface area contributed by atoms with Crippen LogP contribution in [-0.2, 0) is 4.84 Å². The van der Waals surface area contributed by atoms with Gasteiger partial charge < -0.3 is 10.6 Å². The highest BCUT2D eigenvalue weighted by Gasteiger charge is 2.04. The van der Waals surface area contributed by atoms with Gasteiger partial charge in [0.1, 0.15) is 16.6 Å². The highest BCUT2D eigenvalue weighted by molar-refractivity contribution is 6.45. The molecule has 4 N–H and O–H groups in total. The number of rotatable bonds is 5. The topological polar surface area (TPSA) is 83.5 Å². The quantitative estimate of drug-likeness (QED) is 0.366. The Kier molecular flexibility index (Phi) is 5.59. The highest BCUT2D eigenvalue weighted by atomic mass is 35.5. The zero-order valence-electron chi connectivity index (χ0n) is 8.10. The summed E-state index contributed by atoms with van der Waals surface area (Å²) in [4.78, 5) is 8.29. The molecule has 14 heavy (non-hydrogen) atoms. The first-order valence-corrected chi connectivity index (χ1v) is 4.13. The van der Waals surface area contributed by atoms with Crippen molar-refractivity contribution in [1.82, 2.24) is 5.48 Å². The molecule has 0 bridgehead atoms. The lowest BCUT2D eigenvalue weighted by Gasteiger charge is -2.03. The summed E-state index contributed by atoms with van der Waals surface area (Å²) in [5, 5.41) is 7.54. The Balaban J connectivity index is 4.65. The van der Waals surface area contributed by atoms with Crippen molar-refractivity contribution in [1.29, 1.82) is 5.41 Å². The van der Waals surface area contributed by atoms with Crippen LogP contribution >= 0.6 is 11.6 Å². The largest absolute Gasteiger partial charge is 0.414 e. The minimum atomic E-state index is 0.0179. The molecule has 0 amide bonds. The van der Waals surface area contributed by atoms with Crippen molar-refractivity contribution in [3.8, 4) is 0 Å². The van der Waals surface area contributed by atoms with Gasteiger partial charge in [-0.1, -0.05) is 11.6 Å². The van der Waals surface area contributed by atoms with Crippen LogP contribution < -0.4 is 11.2 Å². The van der Waals surface area contributed by atoms with E-state index in [0.717, 1.165) is 0 Å². The SMILES string of the molecule is C=N/C(N)=C(/Cl)C(=N)/C=C(\C)ONC. The van der Waals surface area contributed by atoms with E-state index >= 15 is 0 Å². The second-order valence-electron chi connectivity index (χ2n) is 2.33. The molecular formula is C8H13ClN4O. The van der Waals surface area contributed by atoms with Gasteiger partial charge in [-0.05, 0) is 13.6 Å². The van der Waals surface area contributed by atoms with Gasteiger partial charge in [-0.2, -0.15) is 5.48 Å². The molecule has 6 heteroatoms. The Bertz CT molecular complexity index is 296. The van der Waals surface area contributed by atoms with E-state index in [1.807, 2.05) is 0 Å². The van der Waals surface area contributed by atoms with Crippen LogP contribution in [0, 0.1) is 5.41 Å². The molecule has 0 unspecified atom stereocenters. The average Bonchev–Trinajstić information content (AvgIpc) is 2.15. The second kappa shape index (κ2) is 6.17. The molecule has 5 nitrogen and oxygen atoms in total. The van der Waals surface area contributed by atoms with Crippen LogP contribution in [0.4, 0.5) is 0 Å². The number of nitrogens with one attached hydrogen (secondary N) is 2. The first-order chi connectivity index (χ1) is 6.52. The summed E-state index contributed by atoms with van der Waals surface area (Å²) in [6, 6.07) is 0. The monoisotopic (exact) mass is 216 g/mol. The Hall–Kier alpha value is -1.33. The van der Waals surface area contributed by atoms with Gasteiger partial charge in [-0.15, -0.1) is 0 Å². The van der Waals surface area contributed by atoms with Crippen LogP contribution in [0.3, 0.4) is 0 Å². The summed E-state index contributed by atoms with van der Waals surface area (Å²) < 4.78 is 0. The lowest BCUT2D eigenvalue weighted by Crippen LogP contribution is -2.08. The molecule has 0 aromatic rings. The van der Waals surface area contributed by atoms with Crippen molar-refractivity contribution in [2.45, 2.75) is 6.92 Å². The Morgan fingerprint density at radius 1 is 1.71 bits per heavy atom. The molecule has 0 atom stereocenters. The third-order valence-corrected chi connectivity index (χ3v) is 1.64. The maximum Gasteiger partial charge on any atom is 0.143 e. The zero-order chi connectivity index (χ0) is 11.1. The molecule has 78 valence electrons. The van der Waals surface area contributed by atoms with Crippen LogP contribution in [0.5, 0.6) is 0 Å². The van der Waals surface area contributed by atoms with Gasteiger partial charge in [0.05, 0.1) is 5.71 Å². The molecule has 0 aliphatic carbocycles. The molecule has 0 saturated heterocycles. The van der Waals surface area contributed by atoms with Crippen molar-refractivity contribution in [3.63, 3.8) is 0 Å². The molecule has 0 aromatic carbocycles. The molecule has 0 aliphatic rings. The lowest BCUT2D eigenvalue weighted by atomic mass is 10.3. The summed E-state index contributed by atoms with van der Waals surface area (Å²) in [5.41, 5.74) is 7.84. The van der Waals surface area contributed by atoms with Gasteiger partial charge in [0.15, 0.2) is 0 Å². The van der Waals surface area contributed by atoms with Gasteiger partial charge in [0.25, 0.3) is 0 Å². The summed E-state index contributed by atoms with van der Waals surface area (Å²) in [5.74, 6) is 0.512. The molecule has 0 heterocycles. The summed E-state index contributed by atoms with van der Waals surface area (Å²) in [6.45, 7) is 4.87. The third kappa shape index (κ3) is 4.06. The van der Waals surface area contributed by atoms with Crippen molar-refractivity contribution in [3.05, 3.63) is 22.7 Å². The number of nitrogens with zero attached hydrogens (tertiary/aromatic N) is 1. The number of nitrogens with two attached hydrogens (primary N) is 1. The van der Waals surface area contributed by atoms with Crippen LogP contribution in [-0.4, -0.2) is 19.5 Å². The van der Waals surface area contributed by atoms with Crippen molar-refractivity contribution < 1.29 is 4.84 Å². The molecule has 0 fully saturated rings. The Morgan fingerprint density at radius 3 is 2.71 bits per heavy atom. The fraction of sp³-hybridized carbons (Fsp3) is 0.250. The Labute approximate surface area is 87.8 Å². The molecule has 0 aromatic heterocycles. The number of hydroxylamine groups is 1. The molecule has 0 radical (unpaired) electrons. The van der Waals surface area contributed by atoms with E-state index in [-0.39, 0.29) is 16.6 Å². The van der Waals surface area contributed by atoms with E-state index in [0.29, 0.717) is 5.76 Å².